The summed E-state index contributed by atoms with van der Waals surface area (Å²) in [5.74, 6) is 0. The Morgan fingerprint density at radius 2 is 1.84 bits per heavy atom. The average Bonchev–Trinajstić information content (AvgIpc) is 2.75. The molecule has 19 heavy (non-hydrogen) atoms. The van der Waals surface area contributed by atoms with Crippen molar-refractivity contribution in [1.82, 2.24) is 0 Å². The predicted molar refractivity (Wildman–Crippen MR) is 66.4 cm³/mol. The number of hydrogen-bond donors (Lipinski definition) is 3. The number of para-hydroxylation sites is 1. The van der Waals surface area contributed by atoms with E-state index in [0.29, 0.717) is 0 Å². The Morgan fingerprint density at radius 3 is 2.53 bits per heavy atom. The van der Waals surface area contributed by atoms with Gasteiger partial charge in [0, 0.05) is 17.5 Å². The molecule has 1 aromatic carbocycles. The summed E-state index contributed by atoms with van der Waals surface area (Å²) in [6, 6.07) is 10.8. The van der Waals surface area contributed by atoms with Gasteiger partial charge in [-0.2, -0.15) is 4.40 Å². The Labute approximate surface area is 115 Å². The monoisotopic (exact) mass is 302 g/mol. The minimum absolute atomic E-state index is 1.30. The number of fused-ring (bicyclic) bond motifs is 3. The van der Waals surface area contributed by atoms with Crippen molar-refractivity contribution in [3.05, 3.63) is 47.5 Å². The van der Waals surface area contributed by atoms with Crippen LogP contribution in [0, 0.1) is 17.2 Å². The van der Waals surface area contributed by atoms with E-state index in [4.69, 9.17) is 18.6 Å². The number of hydrogen-bond acceptors (Lipinski definition) is 5. The quantitative estimate of drug-likeness (QED) is 0.514. The normalized spacial score (nSPS) is 12.3. The van der Waals surface area contributed by atoms with Gasteiger partial charge in [0.25, 0.3) is 4.83 Å². The fraction of sp³-hybridized carbons (Fsp3) is 0.0833. The molecule has 2 aromatic heterocycles. The summed E-state index contributed by atoms with van der Waals surface area (Å²) in [6.45, 7) is 2.17. The summed E-state index contributed by atoms with van der Waals surface area (Å²) >= 11 is 1.78. The molecular weight excluding hydrogens is 290 g/mol. The number of rotatable bonds is 0. The van der Waals surface area contributed by atoms with E-state index < -0.39 is 10.2 Å². The summed E-state index contributed by atoms with van der Waals surface area (Å²) in [4.78, 5) is 1.31. The van der Waals surface area contributed by atoms with Crippen LogP contribution in [0.3, 0.4) is 0 Å². The first kappa shape index (κ1) is 14.1. The molecule has 0 radical (unpaired) electrons. The van der Waals surface area contributed by atoms with Gasteiger partial charge in [-0.3, -0.25) is 0 Å². The number of benzene rings is 1. The van der Waals surface area contributed by atoms with Gasteiger partial charge in [-0.15, -0.1) is 0 Å². The predicted octanol–water partition coefficient (Wildman–Crippen LogP) is 0.0884. The molecule has 3 rings (SSSR count). The zero-order chi connectivity index (χ0) is 14.0. The fourth-order valence-corrected chi connectivity index (χ4v) is 2.71. The van der Waals surface area contributed by atoms with Gasteiger partial charge in [0.05, 0.1) is 5.38 Å². The van der Waals surface area contributed by atoms with E-state index in [-0.39, 0.29) is 0 Å². The summed E-state index contributed by atoms with van der Waals surface area (Å²) < 4.78 is 32.5. The zero-order valence-electron chi connectivity index (χ0n) is 10.0. The second kappa shape index (κ2) is 5.38. The van der Waals surface area contributed by atoms with E-state index in [9.17, 15) is 0 Å². The van der Waals surface area contributed by atoms with Crippen LogP contribution in [0.5, 0.6) is 0 Å². The molecule has 2 heterocycles. The molecule has 0 spiro atoms. The van der Waals surface area contributed by atoms with Gasteiger partial charge < -0.3 is 0 Å². The molecule has 0 fully saturated rings. The molecule has 0 aliphatic rings. The number of pyridine rings is 1. The molecule has 0 saturated carbocycles. The van der Waals surface area contributed by atoms with Crippen molar-refractivity contribution in [2.24, 2.45) is 0 Å². The van der Waals surface area contributed by atoms with Crippen LogP contribution in [0.15, 0.2) is 41.9 Å². The van der Waals surface area contributed by atoms with Crippen LogP contribution in [0.25, 0.3) is 15.7 Å². The zero-order valence-corrected chi connectivity index (χ0v) is 11.6. The Morgan fingerprint density at radius 1 is 1.21 bits per heavy atom. The number of thiazole rings is 1. The molecule has 0 saturated heterocycles. The van der Waals surface area contributed by atoms with Gasteiger partial charge >= 0.3 is 28.9 Å². The molecule has 102 valence electrons. The first-order valence-electron chi connectivity index (χ1n) is 5.29. The maximum absolute atomic E-state index is 8.83. The number of aromatic nitrogens is 1. The summed E-state index contributed by atoms with van der Waals surface area (Å²) in [7, 11) is -4.19. The minimum atomic E-state index is -4.19. The fourth-order valence-electron chi connectivity index (χ4n) is 1.87. The van der Waals surface area contributed by atoms with Crippen LogP contribution >= 0.6 is 11.3 Å². The molecule has 3 aromatic rings. The van der Waals surface area contributed by atoms with Crippen LogP contribution in [0.2, 0.25) is 0 Å². The third-order valence-corrected chi connectivity index (χ3v) is 3.38. The molecule has 0 aliphatic carbocycles. The second-order valence-electron chi connectivity index (χ2n) is 3.89. The standard InChI is InChI=1S/C12H10NS.ClH3O4/c1-9-8-12-13(6-7-14-12)11-5-3-2-4-10(9)11;2-1(3,4)5/h2-8H,1H3;2-4H/q+1;. The molecule has 0 atom stereocenters. The van der Waals surface area contributed by atoms with E-state index >= 15 is 0 Å². The van der Waals surface area contributed by atoms with Crippen molar-refractivity contribution in [1.29, 1.82) is 0 Å². The van der Waals surface area contributed by atoms with Crippen LogP contribution in [-0.4, -0.2) is 14.0 Å². The van der Waals surface area contributed by atoms with Gasteiger partial charge in [0.2, 0.25) is 5.52 Å². The molecule has 5 nitrogen and oxygen atoms in total. The van der Waals surface area contributed by atoms with Crippen molar-refractivity contribution in [2.75, 3.05) is 0 Å². The van der Waals surface area contributed by atoms with Gasteiger partial charge in [0.15, 0.2) is 6.20 Å². The van der Waals surface area contributed by atoms with Gasteiger partial charge in [-0.25, -0.2) is 0 Å². The third-order valence-electron chi connectivity index (χ3n) is 2.56. The molecule has 7 heteroatoms. The van der Waals surface area contributed by atoms with E-state index in [0.717, 1.165) is 0 Å². The van der Waals surface area contributed by atoms with E-state index in [2.05, 4.69) is 53.2 Å². The second-order valence-corrected chi connectivity index (χ2v) is 5.68. The Bertz CT molecular complexity index is 702. The molecule has 0 aliphatic heterocycles. The Balaban J connectivity index is 0.000000232. The number of aryl methyl sites for hydroxylation is 1. The molecule has 3 N–H and O–H groups in total. The Hall–Kier alpha value is -1.28. The van der Waals surface area contributed by atoms with Crippen LogP contribution in [0.4, 0.5) is 0 Å². The van der Waals surface area contributed by atoms with E-state index in [1.54, 1.807) is 11.3 Å². The van der Waals surface area contributed by atoms with Gasteiger partial charge in [-0.05, 0) is 18.6 Å². The van der Waals surface area contributed by atoms with Crippen molar-refractivity contribution < 1.29 is 33.3 Å². The summed E-state index contributed by atoms with van der Waals surface area (Å²) in [5.41, 5.74) is 2.65. The molecule has 0 amide bonds. The topological polar surface area (TPSA) is 87.9 Å². The molecule has 0 bridgehead atoms. The molecule has 0 unspecified atom stereocenters. The number of halogens is 1. The summed E-state index contributed by atoms with van der Waals surface area (Å²) in [6.07, 6.45) is 2.13. The van der Waals surface area contributed by atoms with E-state index in [1.807, 2.05) is 0 Å². The third kappa shape index (κ3) is 3.60. The van der Waals surface area contributed by atoms with Crippen molar-refractivity contribution in [2.45, 2.75) is 6.92 Å². The number of nitrogens with zero attached hydrogens (tertiary/aromatic N) is 1. The van der Waals surface area contributed by atoms with Crippen molar-refractivity contribution in [3.63, 3.8) is 0 Å². The van der Waals surface area contributed by atoms with Gasteiger partial charge in [-0.1, -0.05) is 23.5 Å². The van der Waals surface area contributed by atoms with Gasteiger partial charge in [0.1, 0.15) is 0 Å². The summed E-state index contributed by atoms with van der Waals surface area (Å²) in [5, 5.41) is 3.46. The van der Waals surface area contributed by atoms with Crippen LogP contribution < -0.4 is 9.06 Å². The van der Waals surface area contributed by atoms with Crippen molar-refractivity contribution in [3.8, 4) is 0 Å². The SMILES string of the molecule is Cc1cc2scc[n+]2c2ccccc12.[O-][Cl+](O)(O)O. The van der Waals surface area contributed by atoms with Crippen LogP contribution in [0.1, 0.15) is 5.56 Å². The van der Waals surface area contributed by atoms with Crippen LogP contribution in [-0.2, 0) is 0 Å². The first-order valence-corrected chi connectivity index (χ1v) is 7.50. The first-order chi connectivity index (χ1) is 8.86. The molecular formula is C12H13ClNO4S+. The van der Waals surface area contributed by atoms with Crippen molar-refractivity contribution >= 4 is 27.1 Å². The maximum atomic E-state index is 8.83. The Kier molecular flexibility index (Phi) is 4.00. The average molecular weight is 303 g/mol. The van der Waals surface area contributed by atoms with E-state index in [1.165, 1.54) is 21.3 Å².